The molecule has 17 heavy (non-hydrogen) atoms. The van der Waals surface area contributed by atoms with Crippen molar-refractivity contribution >= 4 is 18.6 Å². The van der Waals surface area contributed by atoms with Crippen molar-refractivity contribution in [3.8, 4) is 0 Å². The highest BCUT2D eigenvalue weighted by molar-refractivity contribution is 7.80. The maximum absolute atomic E-state index is 11.2. The number of hydrogen-bond acceptors (Lipinski definition) is 4. The van der Waals surface area contributed by atoms with Gasteiger partial charge in [0, 0.05) is 5.75 Å². The molecule has 0 aliphatic carbocycles. The number of carbonyl (C=O) groups excluding carboxylic acids is 1. The Bertz CT molecular complexity index is 294. The van der Waals surface area contributed by atoms with Crippen LogP contribution in [0.5, 0.6) is 0 Å². The van der Waals surface area contributed by atoms with Crippen molar-refractivity contribution < 1.29 is 9.53 Å². The molecule has 1 atom stereocenters. The first-order valence-corrected chi connectivity index (χ1v) is 6.42. The molecule has 2 N–H and O–H groups in total. The van der Waals surface area contributed by atoms with E-state index in [1.54, 1.807) is 0 Å². The molecule has 0 fully saturated rings. The lowest BCUT2D eigenvalue weighted by Gasteiger charge is -2.07. The minimum absolute atomic E-state index is 0.293. The van der Waals surface area contributed by atoms with Gasteiger partial charge in [-0.25, -0.2) is 0 Å². The van der Waals surface area contributed by atoms with Gasteiger partial charge in [-0.3, -0.25) is 4.79 Å². The Balaban J connectivity index is 3.84. The van der Waals surface area contributed by atoms with Crippen LogP contribution in [0.2, 0.25) is 0 Å². The minimum atomic E-state index is -0.627. The molecule has 0 rings (SSSR count). The molecule has 0 heterocycles. The molecule has 0 amide bonds. The van der Waals surface area contributed by atoms with Gasteiger partial charge >= 0.3 is 5.97 Å². The largest absolute Gasteiger partial charge is 0.460 e. The Labute approximate surface area is 110 Å². The molecule has 98 valence electrons. The molecule has 0 aromatic heterocycles. The number of allylic oxidation sites excluding steroid dienone is 3. The van der Waals surface area contributed by atoms with E-state index < -0.39 is 12.0 Å². The maximum atomic E-state index is 11.2. The molecule has 0 saturated heterocycles. The summed E-state index contributed by atoms with van der Waals surface area (Å²) in [7, 11) is 0. The number of rotatable bonds is 7. The van der Waals surface area contributed by atoms with E-state index in [4.69, 9.17) is 10.5 Å². The smallest absolute Gasteiger partial charge is 0.324 e. The monoisotopic (exact) mass is 257 g/mol. The SMILES string of the molecule is CC(C)=CCCC(C)=CCOC(=O)[C@@H](N)CS. The van der Waals surface area contributed by atoms with Gasteiger partial charge in [-0.05, 0) is 39.7 Å². The number of ether oxygens (including phenoxy) is 1. The van der Waals surface area contributed by atoms with Gasteiger partial charge in [0.15, 0.2) is 0 Å². The molecule has 0 aromatic rings. The molecule has 0 bridgehead atoms. The Morgan fingerprint density at radius 3 is 2.53 bits per heavy atom. The van der Waals surface area contributed by atoms with Gasteiger partial charge in [0.1, 0.15) is 12.6 Å². The van der Waals surface area contributed by atoms with E-state index in [1.807, 2.05) is 13.0 Å². The second-order valence-electron chi connectivity index (χ2n) is 4.29. The Morgan fingerprint density at radius 1 is 1.35 bits per heavy atom. The standard InChI is InChI=1S/C13H23NO2S/c1-10(2)5-4-6-11(3)7-8-16-13(15)12(14)9-17/h5,7,12,17H,4,6,8-9,14H2,1-3H3/t12-/m0/s1. The Kier molecular flexibility index (Phi) is 8.90. The van der Waals surface area contributed by atoms with E-state index in [2.05, 4.69) is 32.6 Å². The van der Waals surface area contributed by atoms with E-state index in [1.165, 1.54) is 11.1 Å². The van der Waals surface area contributed by atoms with Crippen molar-refractivity contribution in [2.75, 3.05) is 12.4 Å². The summed E-state index contributed by atoms with van der Waals surface area (Å²) in [6.07, 6.45) is 6.12. The highest BCUT2D eigenvalue weighted by atomic mass is 32.1. The van der Waals surface area contributed by atoms with Crippen LogP contribution in [0.4, 0.5) is 0 Å². The van der Waals surface area contributed by atoms with Gasteiger partial charge in [-0.1, -0.05) is 17.2 Å². The zero-order valence-corrected chi connectivity index (χ0v) is 11.8. The average molecular weight is 257 g/mol. The van der Waals surface area contributed by atoms with E-state index in [-0.39, 0.29) is 0 Å². The summed E-state index contributed by atoms with van der Waals surface area (Å²) >= 11 is 3.94. The summed E-state index contributed by atoms with van der Waals surface area (Å²) in [6.45, 7) is 6.49. The van der Waals surface area contributed by atoms with Crippen molar-refractivity contribution in [1.82, 2.24) is 0 Å². The molecule has 3 nitrogen and oxygen atoms in total. The quantitative estimate of drug-likeness (QED) is 0.418. The topological polar surface area (TPSA) is 52.3 Å². The van der Waals surface area contributed by atoms with Crippen LogP contribution in [0.3, 0.4) is 0 Å². The molecule has 0 aromatic carbocycles. The van der Waals surface area contributed by atoms with E-state index in [0.29, 0.717) is 12.4 Å². The van der Waals surface area contributed by atoms with Crippen LogP contribution in [-0.2, 0) is 9.53 Å². The fourth-order valence-corrected chi connectivity index (χ4v) is 1.29. The fraction of sp³-hybridized carbons (Fsp3) is 0.615. The average Bonchev–Trinajstić information content (AvgIpc) is 2.27. The second kappa shape index (κ2) is 9.31. The van der Waals surface area contributed by atoms with Gasteiger partial charge < -0.3 is 10.5 Å². The fourth-order valence-electron chi connectivity index (χ4n) is 1.14. The van der Waals surface area contributed by atoms with Crippen LogP contribution in [0, 0.1) is 0 Å². The lowest BCUT2D eigenvalue weighted by molar-refractivity contribution is -0.143. The number of hydrogen-bond donors (Lipinski definition) is 2. The molecule has 0 radical (unpaired) electrons. The summed E-state index contributed by atoms with van der Waals surface area (Å²) in [5.74, 6) is -0.0874. The minimum Gasteiger partial charge on any atom is -0.460 e. The molecule has 0 spiro atoms. The number of esters is 1. The first-order valence-electron chi connectivity index (χ1n) is 5.79. The third-order valence-electron chi connectivity index (χ3n) is 2.25. The van der Waals surface area contributed by atoms with Crippen LogP contribution >= 0.6 is 12.6 Å². The molecule has 0 saturated carbocycles. The van der Waals surface area contributed by atoms with Crippen molar-refractivity contribution in [2.24, 2.45) is 5.73 Å². The predicted molar refractivity (Wildman–Crippen MR) is 75.2 cm³/mol. The normalized spacial score (nSPS) is 13.1. The van der Waals surface area contributed by atoms with Gasteiger partial charge in [-0.15, -0.1) is 0 Å². The van der Waals surface area contributed by atoms with E-state index >= 15 is 0 Å². The van der Waals surface area contributed by atoms with Crippen LogP contribution in [0.1, 0.15) is 33.6 Å². The second-order valence-corrected chi connectivity index (χ2v) is 4.65. The number of thiol groups is 1. The maximum Gasteiger partial charge on any atom is 0.324 e. The molecule has 0 unspecified atom stereocenters. The summed E-state index contributed by atoms with van der Waals surface area (Å²) in [6, 6.07) is -0.627. The molecular weight excluding hydrogens is 234 g/mol. The summed E-state index contributed by atoms with van der Waals surface area (Å²) < 4.78 is 4.99. The van der Waals surface area contributed by atoms with Gasteiger partial charge in [0.05, 0.1) is 0 Å². The molecule has 0 aliphatic heterocycles. The zero-order chi connectivity index (χ0) is 13.3. The Morgan fingerprint density at radius 2 is 2.00 bits per heavy atom. The number of carbonyl (C=O) groups is 1. The third kappa shape index (κ3) is 9.01. The first kappa shape index (κ1) is 16.3. The van der Waals surface area contributed by atoms with E-state index in [9.17, 15) is 4.79 Å². The highest BCUT2D eigenvalue weighted by Gasteiger charge is 2.11. The number of nitrogens with two attached hydrogens (primary N) is 1. The molecule has 0 aliphatic rings. The van der Waals surface area contributed by atoms with Crippen LogP contribution in [0.15, 0.2) is 23.3 Å². The predicted octanol–water partition coefficient (Wildman–Crippen LogP) is 2.48. The van der Waals surface area contributed by atoms with Crippen molar-refractivity contribution in [2.45, 2.75) is 39.7 Å². The Hall–Kier alpha value is -0.740. The highest BCUT2D eigenvalue weighted by Crippen LogP contribution is 2.06. The zero-order valence-electron chi connectivity index (χ0n) is 10.9. The van der Waals surface area contributed by atoms with Gasteiger partial charge in [0.2, 0.25) is 0 Å². The molecular formula is C13H23NO2S. The van der Waals surface area contributed by atoms with Crippen molar-refractivity contribution in [3.63, 3.8) is 0 Å². The van der Waals surface area contributed by atoms with Crippen LogP contribution in [0.25, 0.3) is 0 Å². The van der Waals surface area contributed by atoms with Gasteiger partial charge in [-0.2, -0.15) is 12.6 Å². The summed E-state index contributed by atoms with van der Waals surface area (Å²) in [5, 5.41) is 0. The van der Waals surface area contributed by atoms with E-state index in [0.717, 1.165) is 12.8 Å². The van der Waals surface area contributed by atoms with Gasteiger partial charge in [0.25, 0.3) is 0 Å². The summed E-state index contributed by atoms with van der Waals surface area (Å²) in [4.78, 5) is 11.2. The lowest BCUT2D eigenvalue weighted by Crippen LogP contribution is -2.33. The first-order chi connectivity index (χ1) is 7.97. The van der Waals surface area contributed by atoms with Crippen LogP contribution in [-0.4, -0.2) is 24.4 Å². The van der Waals surface area contributed by atoms with Crippen molar-refractivity contribution in [3.05, 3.63) is 23.3 Å². The van der Waals surface area contributed by atoms with Crippen molar-refractivity contribution in [1.29, 1.82) is 0 Å². The lowest BCUT2D eigenvalue weighted by atomic mass is 10.1. The third-order valence-corrected chi connectivity index (χ3v) is 2.64. The molecule has 4 heteroatoms. The summed E-state index contributed by atoms with van der Waals surface area (Å²) in [5.41, 5.74) is 8.01. The van der Waals surface area contributed by atoms with Crippen LogP contribution < -0.4 is 5.73 Å².